The van der Waals surface area contributed by atoms with Gasteiger partial charge in [0.15, 0.2) is 0 Å². The minimum absolute atomic E-state index is 0.601. The average Bonchev–Trinajstić information content (AvgIpc) is 2.15. The Balaban J connectivity index is 2.75. The second kappa shape index (κ2) is 2.23. The third-order valence-electron chi connectivity index (χ3n) is 2.40. The lowest BCUT2D eigenvalue weighted by atomic mass is 9.87. The van der Waals surface area contributed by atoms with Crippen LogP contribution in [0.2, 0.25) is 0 Å². The molecule has 1 rings (SSSR count). The molecule has 10 heavy (non-hydrogen) atoms. The van der Waals surface area contributed by atoms with Crippen molar-refractivity contribution in [3.05, 3.63) is 0 Å². The monoisotopic (exact) mass is 144 g/mol. The zero-order valence-corrected chi connectivity index (χ0v) is 6.00. The van der Waals surface area contributed by atoms with E-state index in [0.717, 1.165) is 6.42 Å². The van der Waals surface area contributed by atoms with Crippen LogP contribution in [0.1, 0.15) is 26.2 Å². The van der Waals surface area contributed by atoms with E-state index in [2.05, 4.69) is 0 Å². The van der Waals surface area contributed by atoms with Gasteiger partial charge in [0.2, 0.25) is 0 Å². The minimum Gasteiger partial charge on any atom is -0.481 e. The summed E-state index contributed by atoms with van der Waals surface area (Å²) in [6.45, 7) is 1.60. The summed E-state index contributed by atoms with van der Waals surface area (Å²) in [5, 5.41) is 17.9. The number of aliphatic hydroxyl groups is 1. The molecular formula is C7H12O3. The highest BCUT2D eigenvalue weighted by Gasteiger charge is 2.44. The van der Waals surface area contributed by atoms with Crippen LogP contribution in [-0.4, -0.2) is 22.3 Å². The molecule has 0 spiro atoms. The fourth-order valence-electron chi connectivity index (χ4n) is 1.40. The summed E-state index contributed by atoms with van der Waals surface area (Å²) < 4.78 is 0. The van der Waals surface area contributed by atoms with Crippen LogP contribution in [0.3, 0.4) is 0 Å². The molecule has 2 atom stereocenters. The van der Waals surface area contributed by atoms with E-state index in [1.54, 1.807) is 6.92 Å². The van der Waals surface area contributed by atoms with E-state index < -0.39 is 17.5 Å². The van der Waals surface area contributed by atoms with Crippen molar-refractivity contribution in [2.75, 3.05) is 0 Å². The summed E-state index contributed by atoms with van der Waals surface area (Å²) in [5.41, 5.74) is -0.875. The Bertz CT molecular complexity index is 155. The van der Waals surface area contributed by atoms with Gasteiger partial charge in [-0.2, -0.15) is 0 Å². The van der Waals surface area contributed by atoms with Crippen LogP contribution in [0.5, 0.6) is 0 Å². The van der Waals surface area contributed by atoms with Crippen molar-refractivity contribution in [3.8, 4) is 0 Å². The fourth-order valence-corrected chi connectivity index (χ4v) is 1.40. The predicted molar refractivity (Wildman–Crippen MR) is 35.6 cm³/mol. The first kappa shape index (κ1) is 7.54. The maximum atomic E-state index is 10.6. The summed E-state index contributed by atoms with van der Waals surface area (Å²) in [4.78, 5) is 10.6. The molecule has 2 N–H and O–H groups in total. The van der Waals surface area contributed by atoms with E-state index in [4.69, 9.17) is 5.11 Å². The number of aliphatic carboxylic acids is 1. The van der Waals surface area contributed by atoms with Gasteiger partial charge in [-0.15, -0.1) is 0 Å². The van der Waals surface area contributed by atoms with Gasteiger partial charge in [-0.3, -0.25) is 4.79 Å². The van der Waals surface area contributed by atoms with Gasteiger partial charge in [0.1, 0.15) is 0 Å². The molecule has 1 aliphatic rings. The van der Waals surface area contributed by atoms with Gasteiger partial charge in [-0.25, -0.2) is 0 Å². The quantitative estimate of drug-likeness (QED) is 0.567. The highest BCUT2D eigenvalue weighted by Crippen LogP contribution is 2.37. The van der Waals surface area contributed by atoms with Crippen molar-refractivity contribution in [1.29, 1.82) is 0 Å². The summed E-state index contributed by atoms with van der Waals surface area (Å²) in [6.07, 6.45) is 1.40. The molecule has 0 heterocycles. The molecule has 2 unspecified atom stereocenters. The Morgan fingerprint density at radius 3 is 2.50 bits per heavy atom. The SMILES string of the molecule is CC1(C(=O)O)CCCC1O. The van der Waals surface area contributed by atoms with Crippen LogP contribution in [0.4, 0.5) is 0 Å². The van der Waals surface area contributed by atoms with Gasteiger partial charge in [0, 0.05) is 0 Å². The van der Waals surface area contributed by atoms with Crippen LogP contribution in [0.15, 0.2) is 0 Å². The van der Waals surface area contributed by atoms with E-state index in [1.807, 2.05) is 0 Å². The molecule has 0 radical (unpaired) electrons. The summed E-state index contributed by atoms with van der Waals surface area (Å²) >= 11 is 0. The number of carboxylic acids is 1. The molecule has 0 aromatic heterocycles. The molecule has 0 amide bonds. The second-order valence-electron chi connectivity index (χ2n) is 3.13. The molecule has 3 nitrogen and oxygen atoms in total. The molecule has 3 heteroatoms. The van der Waals surface area contributed by atoms with Gasteiger partial charge >= 0.3 is 5.97 Å². The first-order valence-electron chi connectivity index (χ1n) is 3.49. The van der Waals surface area contributed by atoms with Crippen molar-refractivity contribution in [2.24, 2.45) is 5.41 Å². The first-order valence-corrected chi connectivity index (χ1v) is 3.49. The molecule has 0 bridgehead atoms. The van der Waals surface area contributed by atoms with Crippen LogP contribution in [0, 0.1) is 5.41 Å². The number of rotatable bonds is 1. The van der Waals surface area contributed by atoms with E-state index in [9.17, 15) is 9.90 Å². The molecule has 1 saturated carbocycles. The highest BCUT2D eigenvalue weighted by atomic mass is 16.4. The zero-order valence-electron chi connectivity index (χ0n) is 6.00. The Hall–Kier alpha value is -0.570. The summed E-state index contributed by atoms with van der Waals surface area (Å²) in [5.74, 6) is -0.877. The Morgan fingerprint density at radius 1 is 1.70 bits per heavy atom. The van der Waals surface area contributed by atoms with Crippen molar-refractivity contribution >= 4 is 5.97 Å². The molecule has 0 saturated heterocycles. The standard InChI is InChI=1S/C7H12O3/c1-7(6(9)10)4-2-3-5(7)8/h5,8H,2-4H2,1H3,(H,9,10). The summed E-state index contributed by atoms with van der Waals surface area (Å²) in [6, 6.07) is 0. The van der Waals surface area contributed by atoms with Gasteiger partial charge in [-0.1, -0.05) is 0 Å². The van der Waals surface area contributed by atoms with Crippen LogP contribution >= 0.6 is 0 Å². The van der Waals surface area contributed by atoms with Crippen LogP contribution < -0.4 is 0 Å². The predicted octanol–water partition coefficient (Wildman–Crippen LogP) is 0.622. The molecular weight excluding hydrogens is 132 g/mol. The van der Waals surface area contributed by atoms with E-state index in [0.29, 0.717) is 12.8 Å². The van der Waals surface area contributed by atoms with Gasteiger partial charge in [0.25, 0.3) is 0 Å². The lowest BCUT2D eigenvalue weighted by molar-refractivity contribution is -0.152. The third kappa shape index (κ3) is 0.904. The van der Waals surface area contributed by atoms with Gasteiger partial charge < -0.3 is 10.2 Å². The number of hydrogen-bond acceptors (Lipinski definition) is 2. The lowest BCUT2D eigenvalue weighted by Crippen LogP contribution is -2.34. The Kier molecular flexibility index (Phi) is 1.68. The van der Waals surface area contributed by atoms with Crippen LogP contribution in [0.25, 0.3) is 0 Å². The number of carboxylic acid groups (broad SMARTS) is 1. The van der Waals surface area contributed by atoms with E-state index in [1.165, 1.54) is 0 Å². The second-order valence-corrected chi connectivity index (χ2v) is 3.13. The maximum Gasteiger partial charge on any atom is 0.311 e. The largest absolute Gasteiger partial charge is 0.481 e. The van der Waals surface area contributed by atoms with Crippen molar-refractivity contribution < 1.29 is 15.0 Å². The van der Waals surface area contributed by atoms with E-state index in [-0.39, 0.29) is 0 Å². The lowest BCUT2D eigenvalue weighted by Gasteiger charge is -2.21. The number of aliphatic hydroxyl groups excluding tert-OH is 1. The summed E-state index contributed by atoms with van der Waals surface area (Å²) in [7, 11) is 0. The van der Waals surface area contributed by atoms with Gasteiger partial charge in [-0.05, 0) is 26.2 Å². The third-order valence-corrected chi connectivity index (χ3v) is 2.40. The maximum absolute atomic E-state index is 10.6. The molecule has 58 valence electrons. The minimum atomic E-state index is -0.877. The van der Waals surface area contributed by atoms with E-state index >= 15 is 0 Å². The van der Waals surface area contributed by atoms with Crippen molar-refractivity contribution in [2.45, 2.75) is 32.3 Å². The Morgan fingerprint density at radius 2 is 2.30 bits per heavy atom. The molecule has 0 aliphatic heterocycles. The highest BCUT2D eigenvalue weighted by molar-refractivity contribution is 5.75. The molecule has 0 aromatic carbocycles. The normalized spacial score (nSPS) is 40.0. The number of carbonyl (C=O) groups is 1. The first-order chi connectivity index (χ1) is 4.57. The molecule has 1 fully saturated rings. The van der Waals surface area contributed by atoms with Gasteiger partial charge in [0.05, 0.1) is 11.5 Å². The topological polar surface area (TPSA) is 57.5 Å². The Labute approximate surface area is 59.7 Å². The number of hydrogen-bond donors (Lipinski definition) is 2. The average molecular weight is 144 g/mol. The molecule has 0 aromatic rings. The zero-order chi connectivity index (χ0) is 7.78. The fraction of sp³-hybridized carbons (Fsp3) is 0.857. The van der Waals surface area contributed by atoms with Crippen molar-refractivity contribution in [3.63, 3.8) is 0 Å². The van der Waals surface area contributed by atoms with Crippen molar-refractivity contribution in [1.82, 2.24) is 0 Å². The molecule has 1 aliphatic carbocycles. The smallest absolute Gasteiger partial charge is 0.311 e. The van der Waals surface area contributed by atoms with Crippen LogP contribution in [-0.2, 0) is 4.79 Å².